The molecule has 1 aromatic carbocycles. The summed E-state index contributed by atoms with van der Waals surface area (Å²) < 4.78 is 75.2. The molecule has 0 bridgehead atoms. The van der Waals surface area contributed by atoms with E-state index in [4.69, 9.17) is 0 Å². The summed E-state index contributed by atoms with van der Waals surface area (Å²) in [5.74, 6) is -1.32. The number of carbonyl (C=O) groups is 3. The van der Waals surface area contributed by atoms with E-state index < -0.39 is 44.3 Å². The van der Waals surface area contributed by atoms with Crippen LogP contribution in [0.3, 0.4) is 0 Å². The van der Waals surface area contributed by atoms with Crippen LogP contribution in [0.15, 0.2) is 30.4 Å². The van der Waals surface area contributed by atoms with Crippen molar-refractivity contribution >= 4 is 33.9 Å². The molecule has 0 spiro atoms. The molecule has 1 heterocycles. The molecule has 0 aromatic heterocycles. The number of likely N-dealkylation sites (tertiary alicyclic amines) is 1. The van der Waals surface area contributed by atoms with Gasteiger partial charge in [-0.2, -0.15) is 13.2 Å². The minimum atomic E-state index is -4.69. The Morgan fingerprint density at radius 1 is 1.16 bits per heavy atom. The van der Waals surface area contributed by atoms with Crippen molar-refractivity contribution in [3.63, 3.8) is 0 Å². The van der Waals surface area contributed by atoms with E-state index in [1.54, 1.807) is 6.92 Å². The number of alkyl halides is 3. The first-order chi connectivity index (χ1) is 20.2. The molecule has 1 saturated heterocycles. The van der Waals surface area contributed by atoms with Gasteiger partial charge in [-0.25, -0.2) is 12.8 Å². The highest BCUT2D eigenvalue weighted by atomic mass is 32.2. The Labute approximate surface area is 249 Å². The SMILES string of the molecule is CC1(S(=O)(=O)NC=O)CC1.CCCCC/C=C\[C@@H]1CC1NC(=O)[C@@H]1CCCN1C(=O)CNc1cc(F)cc(C(F)(F)F)c1. The number of anilines is 1. The molecule has 3 amide bonds. The summed E-state index contributed by atoms with van der Waals surface area (Å²) in [4.78, 5) is 36.6. The predicted molar refractivity (Wildman–Crippen MR) is 154 cm³/mol. The van der Waals surface area contributed by atoms with E-state index >= 15 is 0 Å². The highest BCUT2D eigenvalue weighted by molar-refractivity contribution is 7.91. The molecule has 2 saturated carbocycles. The van der Waals surface area contributed by atoms with E-state index in [9.17, 15) is 40.4 Å². The number of nitrogens with zero attached hydrogens (tertiary/aromatic N) is 1. The maximum Gasteiger partial charge on any atom is 0.416 e. The number of carbonyl (C=O) groups excluding carboxylic acids is 3. The first-order valence-electron chi connectivity index (χ1n) is 14.5. The third kappa shape index (κ3) is 9.94. The summed E-state index contributed by atoms with van der Waals surface area (Å²) in [5.41, 5.74) is -1.27. The van der Waals surface area contributed by atoms with Crippen LogP contribution in [0.25, 0.3) is 0 Å². The normalized spacial score (nSPS) is 22.4. The summed E-state index contributed by atoms with van der Waals surface area (Å²) in [6.45, 7) is 3.87. The van der Waals surface area contributed by atoms with Crippen LogP contribution in [0.1, 0.15) is 77.2 Å². The molecule has 9 nitrogen and oxygen atoms in total. The predicted octanol–water partition coefficient (Wildman–Crippen LogP) is 4.50. The van der Waals surface area contributed by atoms with Crippen LogP contribution in [0.5, 0.6) is 0 Å². The molecule has 2 aliphatic carbocycles. The lowest BCUT2D eigenvalue weighted by molar-refractivity contribution is -0.137. The number of sulfonamides is 1. The molecule has 0 radical (unpaired) electrons. The van der Waals surface area contributed by atoms with Gasteiger partial charge in [-0.15, -0.1) is 0 Å². The molecule has 4 rings (SSSR count). The number of rotatable bonds is 13. The van der Waals surface area contributed by atoms with Gasteiger partial charge in [0.05, 0.1) is 16.9 Å². The number of unbranched alkanes of at least 4 members (excludes halogenated alkanes) is 3. The standard InChI is InChI=1S/C24H31F4N3O2.C5H9NO3S/c1-2-3-4-5-6-8-16-11-20(16)30-23(33)21-9-7-10-31(21)22(32)15-29-19-13-17(24(26,27)28)12-18(25)14-19;1-5(2-3-5)10(8,9)6-4-7/h6,8,12-14,16,20-21,29H,2-5,7,9-11,15H2,1H3,(H,30,33);4H,2-3H2,1H3,(H,6,7)/b8-6-;/t16-,20?,21+;/m1./s1. The fourth-order valence-electron chi connectivity index (χ4n) is 4.78. The number of nitrogens with one attached hydrogen (secondary N) is 3. The zero-order chi connectivity index (χ0) is 31.8. The lowest BCUT2D eigenvalue weighted by Crippen LogP contribution is -2.48. The number of amides is 3. The van der Waals surface area contributed by atoms with Gasteiger partial charge in [0.25, 0.3) is 0 Å². The van der Waals surface area contributed by atoms with Crippen LogP contribution < -0.4 is 15.4 Å². The lowest BCUT2D eigenvalue weighted by Gasteiger charge is -2.24. The van der Waals surface area contributed by atoms with Gasteiger partial charge in [-0.05, 0) is 76.0 Å². The molecular weight excluding hydrogens is 592 g/mol. The maximum absolute atomic E-state index is 13.5. The molecule has 43 heavy (non-hydrogen) atoms. The van der Waals surface area contributed by atoms with E-state index in [0.29, 0.717) is 44.2 Å². The number of halogens is 4. The van der Waals surface area contributed by atoms with Gasteiger partial charge >= 0.3 is 6.18 Å². The smallest absolute Gasteiger partial charge is 0.376 e. The Morgan fingerprint density at radius 2 is 1.88 bits per heavy atom. The van der Waals surface area contributed by atoms with Crippen molar-refractivity contribution in [3.05, 3.63) is 41.7 Å². The lowest BCUT2D eigenvalue weighted by atomic mass is 10.2. The van der Waals surface area contributed by atoms with Crippen LogP contribution in [0.2, 0.25) is 0 Å². The van der Waals surface area contributed by atoms with Crippen molar-refractivity contribution < 1.29 is 40.4 Å². The van der Waals surface area contributed by atoms with Gasteiger partial charge in [0.15, 0.2) is 0 Å². The van der Waals surface area contributed by atoms with Crippen molar-refractivity contribution in [2.75, 3.05) is 18.4 Å². The second-order valence-corrected chi connectivity index (χ2v) is 13.7. The maximum atomic E-state index is 13.5. The number of hydrogen-bond donors (Lipinski definition) is 3. The van der Waals surface area contributed by atoms with E-state index in [2.05, 4.69) is 29.7 Å². The fourth-order valence-corrected chi connectivity index (χ4v) is 5.83. The molecule has 1 unspecified atom stereocenters. The molecule has 14 heteroatoms. The second kappa shape index (κ2) is 14.5. The molecule has 240 valence electrons. The molecule has 3 fully saturated rings. The average molecular weight is 633 g/mol. The summed E-state index contributed by atoms with van der Waals surface area (Å²) in [6, 6.07) is 1.56. The fraction of sp³-hybridized carbons (Fsp3) is 0.621. The number of hydrogen-bond acceptors (Lipinski definition) is 6. The minimum absolute atomic E-state index is 0.0867. The van der Waals surface area contributed by atoms with Crippen LogP contribution in [0, 0.1) is 11.7 Å². The van der Waals surface area contributed by atoms with Gasteiger partial charge < -0.3 is 15.5 Å². The molecule has 1 aliphatic heterocycles. The van der Waals surface area contributed by atoms with Crippen LogP contribution in [-0.2, 0) is 30.6 Å². The zero-order valence-electron chi connectivity index (χ0n) is 24.4. The van der Waals surface area contributed by atoms with E-state index in [-0.39, 0.29) is 30.6 Å². The Kier molecular flexibility index (Phi) is 11.6. The summed E-state index contributed by atoms with van der Waals surface area (Å²) in [5, 5.41) is 5.57. The van der Waals surface area contributed by atoms with Gasteiger partial charge in [0.1, 0.15) is 11.9 Å². The number of allylic oxidation sites excluding steroid dienone is 1. The van der Waals surface area contributed by atoms with E-state index in [1.807, 2.05) is 4.72 Å². The third-order valence-electron chi connectivity index (χ3n) is 7.88. The van der Waals surface area contributed by atoms with Gasteiger partial charge in [0.2, 0.25) is 28.2 Å². The van der Waals surface area contributed by atoms with Crippen LogP contribution in [0.4, 0.5) is 23.2 Å². The molecule has 3 N–H and O–H groups in total. The minimum Gasteiger partial charge on any atom is -0.376 e. The third-order valence-corrected chi connectivity index (χ3v) is 9.99. The summed E-state index contributed by atoms with van der Waals surface area (Å²) >= 11 is 0. The summed E-state index contributed by atoms with van der Waals surface area (Å²) in [7, 11) is -3.35. The average Bonchev–Trinajstić information content (AvgIpc) is 3.81. The molecule has 1 aromatic rings. The summed E-state index contributed by atoms with van der Waals surface area (Å²) in [6.07, 6.45) is 7.83. The van der Waals surface area contributed by atoms with Crippen LogP contribution >= 0.6 is 0 Å². The van der Waals surface area contributed by atoms with Crippen LogP contribution in [-0.4, -0.2) is 61.5 Å². The molecule has 3 atom stereocenters. The number of benzene rings is 1. The highest BCUT2D eigenvalue weighted by Crippen LogP contribution is 2.42. The second-order valence-electron chi connectivity index (χ2n) is 11.5. The molecular formula is C29H40F4N4O5S. The van der Waals surface area contributed by atoms with Gasteiger partial charge in [0, 0.05) is 18.3 Å². The molecule has 3 aliphatic rings. The van der Waals surface area contributed by atoms with Gasteiger partial charge in [-0.1, -0.05) is 31.9 Å². The Hall–Kier alpha value is -3.16. The zero-order valence-corrected chi connectivity index (χ0v) is 25.2. The Morgan fingerprint density at radius 3 is 2.51 bits per heavy atom. The highest BCUT2D eigenvalue weighted by Gasteiger charge is 2.50. The van der Waals surface area contributed by atoms with E-state index in [0.717, 1.165) is 31.4 Å². The van der Waals surface area contributed by atoms with Crippen molar-refractivity contribution in [3.8, 4) is 0 Å². The first kappa shape index (κ1) is 34.3. The van der Waals surface area contributed by atoms with Gasteiger partial charge in [-0.3, -0.25) is 19.1 Å². The van der Waals surface area contributed by atoms with Crippen molar-refractivity contribution in [1.29, 1.82) is 0 Å². The Bertz CT molecular complexity index is 1280. The monoisotopic (exact) mass is 632 g/mol. The van der Waals surface area contributed by atoms with Crippen molar-refractivity contribution in [2.24, 2.45) is 5.92 Å². The van der Waals surface area contributed by atoms with Crippen molar-refractivity contribution in [2.45, 2.75) is 94.6 Å². The van der Waals surface area contributed by atoms with E-state index in [1.165, 1.54) is 17.7 Å². The quantitative estimate of drug-likeness (QED) is 0.127. The largest absolute Gasteiger partial charge is 0.416 e. The van der Waals surface area contributed by atoms with Crippen molar-refractivity contribution in [1.82, 2.24) is 14.9 Å². The Balaban J connectivity index is 0.000000428. The topological polar surface area (TPSA) is 125 Å². The first-order valence-corrected chi connectivity index (χ1v) is 16.0.